The van der Waals surface area contributed by atoms with Crippen LogP contribution in [0, 0.1) is 0 Å². The first-order valence-electron chi connectivity index (χ1n) is 10.1. The summed E-state index contributed by atoms with van der Waals surface area (Å²) < 4.78 is 11.4. The number of piperazine rings is 1. The second kappa shape index (κ2) is 9.02. The van der Waals surface area contributed by atoms with Gasteiger partial charge in [0.15, 0.2) is 0 Å². The van der Waals surface area contributed by atoms with Crippen molar-refractivity contribution in [1.29, 1.82) is 0 Å². The predicted molar refractivity (Wildman–Crippen MR) is 114 cm³/mol. The first-order chi connectivity index (χ1) is 14.1. The number of hydrogen-bond acceptors (Lipinski definition) is 6. The largest absolute Gasteiger partial charge is 0.488 e. The van der Waals surface area contributed by atoms with Gasteiger partial charge >= 0.3 is 7.05 Å². The van der Waals surface area contributed by atoms with Gasteiger partial charge in [-0.05, 0) is 31.4 Å². The zero-order valence-corrected chi connectivity index (χ0v) is 17.7. The molecule has 4 rings (SSSR count). The number of benzene rings is 1. The third kappa shape index (κ3) is 4.30. The van der Waals surface area contributed by atoms with E-state index < -0.39 is 7.05 Å². The molecule has 0 spiro atoms. The van der Waals surface area contributed by atoms with Crippen LogP contribution in [0.25, 0.3) is 0 Å². The second-order valence-electron chi connectivity index (χ2n) is 7.72. The van der Waals surface area contributed by atoms with E-state index >= 15 is 0 Å². The number of methoxy groups -OCH3 is 1. The maximum absolute atomic E-state index is 10.3. The van der Waals surface area contributed by atoms with Crippen molar-refractivity contribution in [3.05, 3.63) is 58.4 Å². The number of aromatic nitrogens is 1. The van der Waals surface area contributed by atoms with Crippen LogP contribution in [0.1, 0.15) is 29.3 Å². The Balaban J connectivity index is 1.71. The fourth-order valence-electron chi connectivity index (χ4n) is 4.48. The van der Waals surface area contributed by atoms with Crippen LogP contribution in [0.5, 0.6) is 5.75 Å². The van der Waals surface area contributed by atoms with Gasteiger partial charge < -0.3 is 19.3 Å². The van der Waals surface area contributed by atoms with Crippen molar-refractivity contribution < 1.29 is 14.5 Å². The summed E-state index contributed by atoms with van der Waals surface area (Å²) in [4.78, 5) is 9.36. The van der Waals surface area contributed by atoms with E-state index in [4.69, 9.17) is 26.1 Å². The molecule has 1 aromatic heterocycles. The SMILES string of the molecule is COCC[C@H]1CN(C2c3ccc(Cl)cc3OCc3cccnc32)CCN1B(C)O. The number of ether oxygens (including phenoxy) is 2. The van der Waals surface area contributed by atoms with Crippen molar-refractivity contribution in [2.24, 2.45) is 0 Å². The lowest BCUT2D eigenvalue weighted by molar-refractivity contribution is 0.0743. The molecule has 1 unspecified atom stereocenters. The Labute approximate surface area is 177 Å². The van der Waals surface area contributed by atoms with Gasteiger partial charge in [-0.15, -0.1) is 0 Å². The fourth-order valence-corrected chi connectivity index (χ4v) is 4.64. The van der Waals surface area contributed by atoms with Crippen LogP contribution in [0.4, 0.5) is 0 Å². The molecule has 0 amide bonds. The average molecular weight is 416 g/mol. The van der Waals surface area contributed by atoms with Gasteiger partial charge in [-0.25, -0.2) is 0 Å². The smallest absolute Gasteiger partial charge is 0.376 e. The number of pyridine rings is 1. The minimum absolute atomic E-state index is 0.0119. The monoisotopic (exact) mass is 415 g/mol. The van der Waals surface area contributed by atoms with Crippen molar-refractivity contribution in [2.45, 2.75) is 31.9 Å². The molecule has 0 radical (unpaired) electrons. The molecule has 2 atom stereocenters. The summed E-state index contributed by atoms with van der Waals surface area (Å²) in [7, 11) is 1.24. The molecule has 2 aromatic rings. The van der Waals surface area contributed by atoms with Crippen molar-refractivity contribution in [1.82, 2.24) is 14.7 Å². The predicted octanol–water partition coefficient (Wildman–Crippen LogP) is 2.85. The summed E-state index contributed by atoms with van der Waals surface area (Å²) in [6, 6.07) is 10.1. The van der Waals surface area contributed by atoms with Crippen LogP contribution in [-0.2, 0) is 11.3 Å². The van der Waals surface area contributed by atoms with E-state index in [2.05, 4.69) is 21.8 Å². The normalized spacial score (nSPS) is 22.3. The van der Waals surface area contributed by atoms with Gasteiger partial charge in [-0.1, -0.05) is 23.7 Å². The van der Waals surface area contributed by atoms with E-state index in [1.807, 2.05) is 31.2 Å². The van der Waals surface area contributed by atoms with E-state index in [1.165, 1.54) is 0 Å². The molecule has 3 heterocycles. The quantitative estimate of drug-likeness (QED) is 0.758. The number of halogens is 1. The zero-order valence-electron chi connectivity index (χ0n) is 16.9. The Morgan fingerprint density at radius 1 is 1.34 bits per heavy atom. The van der Waals surface area contributed by atoms with Crippen LogP contribution in [-0.4, -0.2) is 66.2 Å². The molecule has 1 fully saturated rings. The molecule has 0 saturated carbocycles. The molecule has 29 heavy (non-hydrogen) atoms. The molecule has 0 bridgehead atoms. The molecule has 1 aromatic carbocycles. The average Bonchev–Trinajstić information content (AvgIpc) is 2.88. The molecule has 2 aliphatic rings. The van der Waals surface area contributed by atoms with E-state index in [0.717, 1.165) is 48.6 Å². The van der Waals surface area contributed by atoms with Crippen molar-refractivity contribution >= 4 is 18.7 Å². The maximum atomic E-state index is 10.3. The molecule has 1 saturated heterocycles. The summed E-state index contributed by atoms with van der Waals surface area (Å²) >= 11 is 6.25. The molecule has 0 aliphatic carbocycles. The third-order valence-corrected chi connectivity index (χ3v) is 6.13. The van der Waals surface area contributed by atoms with Crippen molar-refractivity contribution in [2.75, 3.05) is 33.4 Å². The first-order valence-corrected chi connectivity index (χ1v) is 10.5. The van der Waals surface area contributed by atoms with Crippen LogP contribution < -0.4 is 4.74 Å². The molecule has 2 aliphatic heterocycles. The highest BCUT2D eigenvalue weighted by Crippen LogP contribution is 2.40. The van der Waals surface area contributed by atoms with Gasteiger partial charge in [0.25, 0.3) is 0 Å². The van der Waals surface area contributed by atoms with E-state index in [0.29, 0.717) is 18.2 Å². The highest BCUT2D eigenvalue weighted by atomic mass is 35.5. The standard InChI is InChI=1S/C21H27BClN3O3/c1-22(27)26-10-9-25(13-17(26)7-11-28-2)21-18-6-5-16(23)12-19(18)29-14-15-4-3-8-24-20(15)21/h3-6,8,12,17,21,27H,7,9-11,13-14H2,1-2H3/t17-,21?/m0/s1. The van der Waals surface area contributed by atoms with Crippen molar-refractivity contribution in [3.63, 3.8) is 0 Å². The lowest BCUT2D eigenvalue weighted by atomic mass is 9.81. The van der Waals surface area contributed by atoms with E-state index in [9.17, 15) is 5.02 Å². The summed E-state index contributed by atoms with van der Waals surface area (Å²) in [5.41, 5.74) is 3.21. The van der Waals surface area contributed by atoms with Gasteiger partial charge in [0.2, 0.25) is 0 Å². The number of nitrogens with zero attached hydrogens (tertiary/aromatic N) is 3. The Bertz CT molecular complexity index is 854. The summed E-state index contributed by atoms with van der Waals surface area (Å²) in [6.07, 6.45) is 2.71. The van der Waals surface area contributed by atoms with Crippen molar-refractivity contribution in [3.8, 4) is 5.75 Å². The maximum Gasteiger partial charge on any atom is 0.376 e. The Morgan fingerprint density at radius 3 is 3.00 bits per heavy atom. The summed E-state index contributed by atoms with van der Waals surface area (Å²) in [5, 5.41) is 10.9. The molecule has 154 valence electrons. The summed E-state index contributed by atoms with van der Waals surface area (Å²) in [5.74, 6) is 0.812. The van der Waals surface area contributed by atoms with Crippen LogP contribution >= 0.6 is 11.6 Å². The minimum Gasteiger partial charge on any atom is -0.488 e. The number of rotatable bonds is 5. The fraction of sp³-hybridized carbons (Fsp3) is 0.476. The van der Waals surface area contributed by atoms with Gasteiger partial charge in [0, 0.05) is 61.7 Å². The minimum atomic E-state index is -0.479. The first kappa shape index (κ1) is 20.6. The van der Waals surface area contributed by atoms with E-state index in [-0.39, 0.29) is 12.1 Å². The number of hydrogen-bond donors (Lipinski definition) is 1. The summed E-state index contributed by atoms with van der Waals surface area (Å²) in [6.45, 7) is 5.41. The lowest BCUT2D eigenvalue weighted by Gasteiger charge is -2.45. The van der Waals surface area contributed by atoms with Crippen LogP contribution in [0.15, 0.2) is 36.5 Å². The Hall–Kier alpha value is -1.64. The lowest BCUT2D eigenvalue weighted by Crippen LogP contribution is -2.58. The molecule has 8 heteroatoms. The topological polar surface area (TPSA) is 58.1 Å². The molecular weight excluding hydrogens is 389 g/mol. The zero-order chi connectivity index (χ0) is 20.4. The van der Waals surface area contributed by atoms with Crippen LogP contribution in [0.3, 0.4) is 0 Å². The highest BCUT2D eigenvalue weighted by molar-refractivity contribution is 6.45. The Kier molecular flexibility index (Phi) is 6.42. The molecular formula is C21H27BClN3O3. The molecule has 1 N–H and O–H groups in total. The van der Waals surface area contributed by atoms with Gasteiger partial charge in [-0.3, -0.25) is 9.88 Å². The molecule has 6 nitrogen and oxygen atoms in total. The van der Waals surface area contributed by atoms with Gasteiger partial charge in [0.05, 0.1) is 11.7 Å². The third-order valence-electron chi connectivity index (χ3n) is 5.90. The second-order valence-corrected chi connectivity index (χ2v) is 8.16. The van der Waals surface area contributed by atoms with Gasteiger partial charge in [0.1, 0.15) is 12.4 Å². The van der Waals surface area contributed by atoms with Crippen LogP contribution in [0.2, 0.25) is 11.8 Å². The highest BCUT2D eigenvalue weighted by Gasteiger charge is 2.37. The number of fused-ring (bicyclic) bond motifs is 2. The van der Waals surface area contributed by atoms with E-state index in [1.54, 1.807) is 7.11 Å². The van der Waals surface area contributed by atoms with Gasteiger partial charge in [-0.2, -0.15) is 0 Å². The Morgan fingerprint density at radius 2 is 2.21 bits per heavy atom.